The Kier molecular flexibility index (Phi) is 56.0. The number of aliphatic hydroxyl groups is 2. The molecule has 0 aliphatic rings. The lowest BCUT2D eigenvalue weighted by atomic mass is 10.0. The molecule has 0 aromatic carbocycles. The average molecular weight is 957 g/mol. The third kappa shape index (κ3) is 53.4. The molecule has 0 bridgehead atoms. The summed E-state index contributed by atoms with van der Waals surface area (Å²) in [6, 6.07) is -0.630. The highest BCUT2D eigenvalue weighted by molar-refractivity contribution is 5.76. The Morgan fingerprint density at radius 3 is 1.15 bits per heavy atom. The van der Waals surface area contributed by atoms with Gasteiger partial charge in [-0.1, -0.05) is 281 Å². The predicted octanol–water partition coefficient (Wildman–Crippen LogP) is 18.8. The van der Waals surface area contributed by atoms with Crippen molar-refractivity contribution in [3.8, 4) is 0 Å². The van der Waals surface area contributed by atoms with E-state index in [1.165, 1.54) is 244 Å². The van der Waals surface area contributed by atoms with Crippen molar-refractivity contribution < 1.29 is 24.5 Å². The number of amides is 1. The smallest absolute Gasteiger partial charge is 0.305 e. The van der Waals surface area contributed by atoms with Crippen LogP contribution in [0.5, 0.6) is 0 Å². The first kappa shape index (κ1) is 66.1. The van der Waals surface area contributed by atoms with Crippen LogP contribution in [0.4, 0.5) is 0 Å². The van der Waals surface area contributed by atoms with Crippen molar-refractivity contribution in [2.45, 2.75) is 334 Å². The monoisotopic (exact) mass is 956 g/mol. The predicted molar refractivity (Wildman–Crippen MR) is 296 cm³/mol. The summed E-state index contributed by atoms with van der Waals surface area (Å²) in [7, 11) is 0. The molecule has 0 saturated carbocycles. The van der Waals surface area contributed by atoms with Crippen LogP contribution in [0.25, 0.3) is 0 Å². The van der Waals surface area contributed by atoms with E-state index in [1.807, 2.05) is 6.08 Å². The summed E-state index contributed by atoms with van der Waals surface area (Å²) in [5.41, 5.74) is 0. The zero-order chi connectivity index (χ0) is 49.3. The van der Waals surface area contributed by atoms with E-state index in [2.05, 4.69) is 43.5 Å². The van der Waals surface area contributed by atoms with Crippen molar-refractivity contribution in [3.05, 3.63) is 36.5 Å². The normalized spacial score (nSPS) is 12.8. The van der Waals surface area contributed by atoms with Gasteiger partial charge in [0.25, 0.3) is 0 Å². The highest BCUT2D eigenvalue weighted by Gasteiger charge is 2.18. The molecule has 0 aromatic rings. The molecule has 6 nitrogen and oxygen atoms in total. The average Bonchev–Trinajstić information content (AvgIpc) is 3.34. The van der Waals surface area contributed by atoms with Gasteiger partial charge >= 0.3 is 5.97 Å². The summed E-state index contributed by atoms with van der Waals surface area (Å²) in [6.45, 7) is 4.88. The fraction of sp³-hybridized carbons (Fsp3) is 0.871. The molecular weight excluding hydrogens is 839 g/mol. The first-order chi connectivity index (χ1) is 33.5. The van der Waals surface area contributed by atoms with Gasteiger partial charge in [0.1, 0.15) is 0 Å². The van der Waals surface area contributed by atoms with Crippen LogP contribution in [0.3, 0.4) is 0 Å². The van der Waals surface area contributed by atoms with Crippen LogP contribution in [0.2, 0.25) is 0 Å². The molecule has 6 heteroatoms. The van der Waals surface area contributed by atoms with Gasteiger partial charge in [-0.05, 0) is 64.2 Å². The van der Waals surface area contributed by atoms with Crippen LogP contribution in [0.1, 0.15) is 322 Å². The quantitative estimate of drug-likeness (QED) is 0.0321. The molecule has 0 heterocycles. The van der Waals surface area contributed by atoms with Crippen LogP contribution >= 0.6 is 0 Å². The molecule has 0 radical (unpaired) electrons. The maximum absolute atomic E-state index is 12.5. The molecule has 2 unspecified atom stereocenters. The van der Waals surface area contributed by atoms with E-state index in [-0.39, 0.29) is 18.5 Å². The molecule has 1 amide bonds. The van der Waals surface area contributed by atoms with Crippen molar-refractivity contribution in [1.82, 2.24) is 5.32 Å². The highest BCUT2D eigenvalue weighted by atomic mass is 16.5. The Hall–Kier alpha value is -1.92. The summed E-state index contributed by atoms with van der Waals surface area (Å²) in [4.78, 5) is 24.5. The van der Waals surface area contributed by atoms with Crippen LogP contribution in [0.15, 0.2) is 36.5 Å². The molecule has 0 aromatic heterocycles. The van der Waals surface area contributed by atoms with Gasteiger partial charge in [0.05, 0.1) is 25.4 Å². The molecule has 0 saturated heterocycles. The second-order valence-corrected chi connectivity index (χ2v) is 20.7. The van der Waals surface area contributed by atoms with Crippen molar-refractivity contribution in [2.24, 2.45) is 0 Å². The van der Waals surface area contributed by atoms with E-state index >= 15 is 0 Å². The molecule has 0 aliphatic carbocycles. The molecule has 0 spiro atoms. The van der Waals surface area contributed by atoms with Crippen molar-refractivity contribution in [2.75, 3.05) is 13.2 Å². The number of hydrogen-bond donors (Lipinski definition) is 3. The van der Waals surface area contributed by atoms with Crippen LogP contribution < -0.4 is 5.32 Å². The number of hydrogen-bond acceptors (Lipinski definition) is 5. The zero-order valence-electron chi connectivity index (χ0n) is 45.6. The number of nitrogens with one attached hydrogen (secondary N) is 1. The molecule has 68 heavy (non-hydrogen) atoms. The number of ether oxygens (including phenoxy) is 1. The second-order valence-electron chi connectivity index (χ2n) is 20.7. The Labute approximate surface area is 424 Å². The van der Waals surface area contributed by atoms with Gasteiger partial charge in [-0.15, -0.1) is 0 Å². The molecule has 0 fully saturated rings. The third-order valence-electron chi connectivity index (χ3n) is 13.9. The second kappa shape index (κ2) is 57.7. The lowest BCUT2D eigenvalue weighted by Crippen LogP contribution is -2.45. The van der Waals surface area contributed by atoms with Gasteiger partial charge in [-0.3, -0.25) is 9.59 Å². The lowest BCUT2D eigenvalue weighted by Gasteiger charge is -2.20. The number of esters is 1. The van der Waals surface area contributed by atoms with E-state index < -0.39 is 12.1 Å². The molecule has 3 N–H and O–H groups in total. The lowest BCUT2D eigenvalue weighted by molar-refractivity contribution is -0.143. The van der Waals surface area contributed by atoms with Crippen LogP contribution in [0, 0.1) is 0 Å². The van der Waals surface area contributed by atoms with E-state index in [0.29, 0.717) is 19.4 Å². The summed E-state index contributed by atoms with van der Waals surface area (Å²) >= 11 is 0. The largest absolute Gasteiger partial charge is 0.466 e. The molecule has 2 atom stereocenters. The zero-order valence-corrected chi connectivity index (χ0v) is 45.6. The van der Waals surface area contributed by atoms with E-state index in [0.717, 1.165) is 51.4 Å². The Balaban J connectivity index is 3.43. The standard InChI is InChI=1S/C62H117NO5/c1-3-5-7-9-11-13-15-17-19-27-30-34-38-42-46-50-54-60(65)59(58-64)63-61(66)55-51-47-43-39-35-31-28-24-22-20-21-23-25-29-33-37-41-45-49-53-57-68-62(67)56-52-48-44-40-36-32-26-18-16-14-12-10-8-6-4-2/h12,14,18,26,50,54,59-60,64-65H,3-11,13,15-17,19-25,27-49,51-53,55-58H2,1-2H3,(H,63,66)/b14-12-,26-18-,54-50+. The molecule has 0 aliphatic heterocycles. The fourth-order valence-corrected chi connectivity index (χ4v) is 9.25. The Morgan fingerprint density at radius 2 is 0.735 bits per heavy atom. The Bertz CT molecular complexity index is 1100. The number of allylic oxidation sites excluding steroid dienone is 5. The summed E-state index contributed by atoms with van der Waals surface area (Å²) in [6.07, 6.45) is 71.7. The number of carbonyl (C=O) groups excluding carboxylic acids is 2. The maximum Gasteiger partial charge on any atom is 0.305 e. The minimum Gasteiger partial charge on any atom is -0.466 e. The fourth-order valence-electron chi connectivity index (χ4n) is 9.25. The minimum atomic E-state index is -0.846. The number of rotatable bonds is 56. The summed E-state index contributed by atoms with van der Waals surface area (Å²) in [5, 5.41) is 23.1. The van der Waals surface area contributed by atoms with Gasteiger partial charge in [0, 0.05) is 12.8 Å². The first-order valence-corrected chi connectivity index (χ1v) is 30.3. The van der Waals surface area contributed by atoms with E-state index in [1.54, 1.807) is 6.08 Å². The number of aliphatic hydroxyl groups excluding tert-OH is 2. The summed E-state index contributed by atoms with van der Waals surface area (Å²) < 4.78 is 5.47. The van der Waals surface area contributed by atoms with Crippen LogP contribution in [-0.2, 0) is 14.3 Å². The van der Waals surface area contributed by atoms with Crippen LogP contribution in [-0.4, -0.2) is 47.4 Å². The highest BCUT2D eigenvalue weighted by Crippen LogP contribution is 2.17. The molecule has 0 rings (SSSR count). The van der Waals surface area contributed by atoms with Gasteiger partial charge in [0.2, 0.25) is 5.91 Å². The van der Waals surface area contributed by atoms with Gasteiger partial charge in [-0.2, -0.15) is 0 Å². The molecular formula is C62H117NO5. The van der Waals surface area contributed by atoms with Crippen molar-refractivity contribution in [1.29, 1.82) is 0 Å². The Morgan fingerprint density at radius 1 is 0.412 bits per heavy atom. The van der Waals surface area contributed by atoms with E-state index in [9.17, 15) is 19.8 Å². The third-order valence-corrected chi connectivity index (χ3v) is 13.9. The maximum atomic E-state index is 12.5. The SMILES string of the molecule is CCCCC/C=C\C/C=C\CCCCCCCC(=O)OCCCCCCCCCCCCCCCCCCCCCCC(=O)NC(CO)C(O)/C=C/CCCCCCCCCCCCCCCC. The summed E-state index contributed by atoms with van der Waals surface area (Å²) in [5.74, 6) is -0.0729. The number of carbonyl (C=O) groups is 2. The first-order valence-electron chi connectivity index (χ1n) is 30.3. The van der Waals surface area contributed by atoms with Gasteiger partial charge < -0.3 is 20.3 Å². The van der Waals surface area contributed by atoms with Gasteiger partial charge in [-0.25, -0.2) is 0 Å². The van der Waals surface area contributed by atoms with Crippen molar-refractivity contribution >= 4 is 11.9 Å². The molecule has 400 valence electrons. The van der Waals surface area contributed by atoms with Crippen molar-refractivity contribution in [3.63, 3.8) is 0 Å². The minimum absolute atomic E-state index is 0.00410. The van der Waals surface area contributed by atoms with Gasteiger partial charge in [0.15, 0.2) is 0 Å². The van der Waals surface area contributed by atoms with E-state index in [4.69, 9.17) is 4.74 Å². The topological polar surface area (TPSA) is 95.9 Å². The number of unbranched alkanes of at least 4 members (excludes halogenated alkanes) is 41.